The molecular formula is C28H31ClF2N4O7S. The summed E-state index contributed by atoms with van der Waals surface area (Å²) in [6.45, 7) is 3.75. The molecule has 1 saturated carbocycles. The molecule has 2 unspecified atom stereocenters. The van der Waals surface area contributed by atoms with E-state index >= 15 is 0 Å². The average molecular weight is 641 g/mol. The number of nitrogens with zero attached hydrogens (tertiary/aromatic N) is 4. The molecule has 2 atom stereocenters. The molecular weight excluding hydrogens is 610 g/mol. The number of hydrogen-bond donors (Lipinski definition) is 4. The molecule has 6 rings (SSSR count). The number of rotatable bonds is 7. The first-order valence-electron chi connectivity index (χ1n) is 13.7. The Kier molecular flexibility index (Phi) is 8.89. The van der Waals surface area contributed by atoms with Gasteiger partial charge in [-0.2, -0.15) is 13.9 Å². The Bertz CT molecular complexity index is 1490. The van der Waals surface area contributed by atoms with E-state index in [1.165, 1.54) is 35.8 Å². The van der Waals surface area contributed by atoms with E-state index in [9.17, 15) is 18.4 Å². The number of alkyl halides is 2. The van der Waals surface area contributed by atoms with Crippen molar-refractivity contribution in [3.05, 3.63) is 62.2 Å². The maximum atomic E-state index is 14.4. The van der Waals surface area contributed by atoms with Gasteiger partial charge in [-0.25, -0.2) is 19.3 Å². The van der Waals surface area contributed by atoms with Gasteiger partial charge in [0.2, 0.25) is 0 Å². The van der Waals surface area contributed by atoms with Crippen LogP contribution in [0, 0.1) is 6.92 Å². The van der Waals surface area contributed by atoms with Crippen molar-refractivity contribution >= 4 is 34.9 Å². The number of likely N-dealkylation sites (tertiary alicyclic amines) is 1. The summed E-state index contributed by atoms with van der Waals surface area (Å²) in [5, 5.41) is 37.3. The summed E-state index contributed by atoms with van der Waals surface area (Å²) < 4.78 is 36.9. The van der Waals surface area contributed by atoms with Crippen molar-refractivity contribution in [2.75, 3.05) is 19.7 Å². The molecule has 1 saturated heterocycles. The zero-order valence-corrected chi connectivity index (χ0v) is 24.7. The smallest absolute Gasteiger partial charge is 0.335 e. The zero-order chi connectivity index (χ0) is 31.1. The zero-order valence-electron chi connectivity index (χ0n) is 23.1. The molecule has 3 aromatic rings. The number of aliphatic carboxylic acids is 2. The molecule has 0 bridgehead atoms. The van der Waals surface area contributed by atoms with Crippen molar-refractivity contribution < 1.29 is 43.5 Å². The number of aryl methyl sites for hydroxylation is 1. The lowest BCUT2D eigenvalue weighted by molar-refractivity contribution is -0.182. The molecule has 2 fully saturated rings. The first-order valence-corrected chi connectivity index (χ1v) is 14.9. The Morgan fingerprint density at radius 2 is 1.84 bits per heavy atom. The van der Waals surface area contributed by atoms with E-state index in [-0.39, 0.29) is 5.56 Å². The van der Waals surface area contributed by atoms with E-state index in [1.807, 2.05) is 23.9 Å². The summed E-state index contributed by atoms with van der Waals surface area (Å²) in [6, 6.07) is 5.57. The molecule has 232 valence electrons. The van der Waals surface area contributed by atoms with Gasteiger partial charge in [0.15, 0.2) is 18.0 Å². The number of pyridine rings is 1. The van der Waals surface area contributed by atoms with Crippen LogP contribution in [0.2, 0.25) is 4.34 Å². The summed E-state index contributed by atoms with van der Waals surface area (Å²) in [6.07, 6.45) is 3.15. The van der Waals surface area contributed by atoms with Gasteiger partial charge in [-0.15, -0.1) is 11.3 Å². The normalized spacial score (nSPS) is 20.5. The Hall–Kier alpha value is -3.01. The maximum absolute atomic E-state index is 14.4. The number of aliphatic hydroxyl groups is 2. The van der Waals surface area contributed by atoms with Crippen LogP contribution in [-0.4, -0.2) is 83.9 Å². The van der Waals surface area contributed by atoms with Crippen LogP contribution in [0.1, 0.15) is 58.9 Å². The molecule has 0 amide bonds. The van der Waals surface area contributed by atoms with Gasteiger partial charge in [0, 0.05) is 48.0 Å². The van der Waals surface area contributed by atoms with E-state index in [2.05, 4.69) is 22.1 Å². The van der Waals surface area contributed by atoms with Crippen LogP contribution in [0.4, 0.5) is 8.78 Å². The minimum Gasteiger partial charge on any atom is -0.479 e. The van der Waals surface area contributed by atoms with Gasteiger partial charge in [-0.3, -0.25) is 4.90 Å². The lowest BCUT2D eigenvalue weighted by Gasteiger charge is -2.45. The monoisotopic (exact) mass is 640 g/mol. The summed E-state index contributed by atoms with van der Waals surface area (Å²) in [5.74, 6) is -4.99. The number of carboxylic acids is 2. The van der Waals surface area contributed by atoms with Crippen LogP contribution < -0.4 is 0 Å². The molecule has 15 heteroatoms. The Morgan fingerprint density at radius 3 is 2.44 bits per heavy atom. The third kappa shape index (κ3) is 6.59. The molecule has 3 aromatic heterocycles. The highest BCUT2D eigenvalue weighted by atomic mass is 35.5. The average Bonchev–Trinajstić information content (AvgIpc) is 3.64. The lowest BCUT2D eigenvalue weighted by Crippen LogP contribution is -2.48. The fraction of sp³-hybridized carbons (Fsp3) is 0.500. The molecule has 4 N–H and O–H groups in total. The van der Waals surface area contributed by atoms with Crippen LogP contribution in [0.3, 0.4) is 0 Å². The highest BCUT2D eigenvalue weighted by molar-refractivity contribution is 7.16. The van der Waals surface area contributed by atoms with Crippen LogP contribution in [0.25, 0.3) is 5.82 Å². The van der Waals surface area contributed by atoms with Gasteiger partial charge in [0.25, 0.3) is 5.92 Å². The number of ether oxygens (including phenoxy) is 1. The standard InChI is InChI=1S/C24H25ClF2N4OS.C4H6O6/c1-15-17(13-31(29-15)22-18(16-4-5-16)3-2-8-28-22)12-30-9-6-23(7-10-30)21-19(11-20(25)33-21)24(26,27)14-32-23;5-1(3(7)8)2(6)4(9)10/h2-3,8,11,13,16H,4-7,9-10,12,14H2,1H3;1-2,5-6H,(H,7,8)(H,9,10). The van der Waals surface area contributed by atoms with Gasteiger partial charge in [-0.1, -0.05) is 17.7 Å². The first-order chi connectivity index (χ1) is 20.3. The van der Waals surface area contributed by atoms with Crippen molar-refractivity contribution in [1.29, 1.82) is 0 Å². The number of aliphatic hydroxyl groups excluding tert-OH is 2. The van der Waals surface area contributed by atoms with E-state index in [0.717, 1.165) is 36.7 Å². The molecule has 2 aliphatic heterocycles. The van der Waals surface area contributed by atoms with Gasteiger partial charge in [-0.05, 0) is 56.2 Å². The topological polar surface area (TPSA) is 158 Å². The lowest BCUT2D eigenvalue weighted by atomic mass is 9.84. The van der Waals surface area contributed by atoms with Crippen molar-refractivity contribution in [2.45, 2.75) is 68.8 Å². The fourth-order valence-corrected chi connectivity index (χ4v) is 6.85. The molecule has 5 heterocycles. The second-order valence-electron chi connectivity index (χ2n) is 11.0. The predicted octanol–water partition coefficient (Wildman–Crippen LogP) is 3.66. The number of aromatic nitrogens is 3. The molecule has 1 spiro atoms. The quantitative estimate of drug-likeness (QED) is 0.300. The molecule has 11 nitrogen and oxygen atoms in total. The summed E-state index contributed by atoms with van der Waals surface area (Å²) in [7, 11) is 0. The Labute approximate surface area is 254 Å². The number of carboxylic acid groups (broad SMARTS) is 2. The van der Waals surface area contributed by atoms with Crippen LogP contribution in [0.15, 0.2) is 30.6 Å². The molecule has 0 radical (unpaired) electrons. The number of thiophene rings is 1. The van der Waals surface area contributed by atoms with Crippen molar-refractivity contribution in [3.63, 3.8) is 0 Å². The second-order valence-corrected chi connectivity index (χ2v) is 12.7. The van der Waals surface area contributed by atoms with Gasteiger partial charge in [0.1, 0.15) is 12.2 Å². The van der Waals surface area contributed by atoms with Crippen LogP contribution in [0.5, 0.6) is 0 Å². The third-order valence-electron chi connectivity index (χ3n) is 7.95. The number of fused-ring (bicyclic) bond motifs is 2. The number of hydrogen-bond acceptors (Lipinski definition) is 9. The van der Waals surface area contributed by atoms with Crippen molar-refractivity contribution in [2.24, 2.45) is 0 Å². The Balaban J connectivity index is 0.000000319. The summed E-state index contributed by atoms with van der Waals surface area (Å²) >= 11 is 7.36. The fourth-order valence-electron chi connectivity index (χ4n) is 5.37. The SMILES string of the molecule is Cc1nn(-c2ncccc2C2CC2)cc1CN1CCC2(CC1)OCC(F)(F)c1cc(Cl)sc12.O=C(O)C(O)C(O)C(=O)O. The summed E-state index contributed by atoms with van der Waals surface area (Å²) in [5.41, 5.74) is 2.81. The number of piperidine rings is 1. The minimum atomic E-state index is -2.97. The molecule has 1 aliphatic carbocycles. The minimum absolute atomic E-state index is 0.0520. The third-order valence-corrected chi connectivity index (χ3v) is 9.40. The maximum Gasteiger partial charge on any atom is 0.335 e. The second kappa shape index (κ2) is 12.2. The molecule has 3 aliphatic rings. The Morgan fingerprint density at radius 1 is 1.19 bits per heavy atom. The van der Waals surface area contributed by atoms with Gasteiger partial charge >= 0.3 is 11.9 Å². The highest BCUT2D eigenvalue weighted by Gasteiger charge is 2.51. The van der Waals surface area contributed by atoms with Gasteiger partial charge < -0.3 is 25.2 Å². The largest absolute Gasteiger partial charge is 0.479 e. The predicted molar refractivity (Wildman–Crippen MR) is 151 cm³/mol. The highest BCUT2D eigenvalue weighted by Crippen LogP contribution is 2.52. The molecule has 43 heavy (non-hydrogen) atoms. The van der Waals surface area contributed by atoms with E-state index in [1.54, 1.807) is 0 Å². The van der Waals surface area contributed by atoms with Crippen molar-refractivity contribution in [1.82, 2.24) is 19.7 Å². The van der Waals surface area contributed by atoms with Crippen LogP contribution >= 0.6 is 22.9 Å². The number of halogens is 3. The van der Waals surface area contributed by atoms with E-state index in [0.29, 0.717) is 28.0 Å². The number of carbonyl (C=O) groups is 2. The van der Waals surface area contributed by atoms with Crippen molar-refractivity contribution in [3.8, 4) is 5.82 Å². The van der Waals surface area contributed by atoms with E-state index in [4.69, 9.17) is 41.9 Å². The molecule has 0 aromatic carbocycles. The van der Waals surface area contributed by atoms with E-state index < -0.39 is 42.3 Å². The first kappa shape index (κ1) is 31.4. The van der Waals surface area contributed by atoms with Gasteiger partial charge in [0.05, 0.1) is 10.0 Å². The van der Waals surface area contributed by atoms with Crippen LogP contribution in [-0.2, 0) is 32.4 Å². The summed E-state index contributed by atoms with van der Waals surface area (Å²) in [4.78, 5) is 27.1.